The molecule has 1 fully saturated rings. The lowest BCUT2D eigenvalue weighted by Gasteiger charge is -2.45. The number of aliphatic hydroxyl groups excluding tert-OH is 2. The average Bonchev–Trinajstić information content (AvgIpc) is 3.52. The second-order valence-corrected chi connectivity index (χ2v) is 21.3. The second-order valence-electron chi connectivity index (χ2n) is 21.3. The van der Waals surface area contributed by atoms with E-state index in [1.807, 2.05) is 152 Å². The minimum atomic E-state index is -1.62. The Morgan fingerprint density at radius 2 is 0.818 bits per heavy atom. The van der Waals surface area contributed by atoms with Crippen LogP contribution in [0.4, 0.5) is 0 Å². The summed E-state index contributed by atoms with van der Waals surface area (Å²) < 4.78 is 26.4. The highest BCUT2D eigenvalue weighted by molar-refractivity contribution is 5.78. The molecule has 1 aliphatic heterocycles. The Bertz CT molecular complexity index is 2210. The van der Waals surface area contributed by atoms with Crippen LogP contribution in [0.15, 0.2) is 152 Å². The summed E-state index contributed by atoms with van der Waals surface area (Å²) in [5.41, 5.74) is 3.46. The molecule has 5 aromatic rings. The average molecular weight is 1050 g/mol. The van der Waals surface area contributed by atoms with Crippen molar-refractivity contribution in [2.24, 2.45) is 0 Å². The van der Waals surface area contributed by atoms with Gasteiger partial charge in [-0.25, -0.2) is 0 Å². The Hall–Kier alpha value is -5.20. The molecular formula is C67H92N2O8. The molecule has 1 aliphatic rings. The quantitative estimate of drug-likeness (QED) is 0.0227. The largest absolute Gasteiger partial charge is 0.388 e. The van der Waals surface area contributed by atoms with Crippen LogP contribution in [0.3, 0.4) is 0 Å². The van der Waals surface area contributed by atoms with Gasteiger partial charge in [0.2, 0.25) is 11.8 Å². The zero-order chi connectivity index (χ0) is 54.2. The molecule has 2 amide bonds. The van der Waals surface area contributed by atoms with Crippen LogP contribution in [0, 0.1) is 0 Å². The minimum absolute atomic E-state index is 0.0261. The molecule has 0 saturated carbocycles. The van der Waals surface area contributed by atoms with Crippen molar-refractivity contribution < 1.29 is 38.7 Å². The molecule has 0 spiro atoms. The van der Waals surface area contributed by atoms with Crippen LogP contribution in [-0.2, 0) is 47.4 Å². The minimum Gasteiger partial charge on any atom is -0.388 e. The number of benzene rings is 5. The highest BCUT2D eigenvalue weighted by Gasteiger charge is 2.48. The van der Waals surface area contributed by atoms with Gasteiger partial charge in [-0.1, -0.05) is 281 Å². The predicted molar refractivity (Wildman–Crippen MR) is 309 cm³/mol. The highest BCUT2D eigenvalue weighted by atomic mass is 16.6. The Labute approximate surface area is 462 Å². The lowest BCUT2D eigenvalue weighted by atomic mass is 9.80. The monoisotopic (exact) mass is 1050 g/mol. The maximum Gasteiger partial charge on any atom is 0.223 e. The van der Waals surface area contributed by atoms with E-state index in [1.165, 1.54) is 77.0 Å². The Morgan fingerprint density at radius 1 is 0.481 bits per heavy atom. The standard InChI is InChI=1S/C67H92N2O8/c1-3-5-7-9-11-13-15-17-34-46-58(74-50-53-36-24-19-25-37-53)48-61(70)68-63-64(69-62(71)49-59(75-51-54-38-26-20-27-39-54)47-35-18-16-14-12-10-8-6-4-2)66(73)77-60(65(63)72)52-76-67(55-40-28-21-29-41-55,56-42-30-22-31-43-56)57-44-32-23-33-45-57/h19-33,36-45,58-60,63-66,72-73H,3-18,34-35,46-52H2,1-2H3,(H,68,70)(H,69,71)/t58-,59-,60-,63-,64-,65-,66?/m1/s1. The molecule has 77 heavy (non-hydrogen) atoms. The summed E-state index contributed by atoms with van der Waals surface area (Å²) in [4.78, 5) is 28.9. The first kappa shape index (κ1) is 61.0. The number of ether oxygens (including phenoxy) is 4. The molecule has 7 atom stereocenters. The molecule has 10 nitrogen and oxygen atoms in total. The summed E-state index contributed by atoms with van der Waals surface area (Å²) in [6.45, 7) is 5.00. The first-order valence-corrected chi connectivity index (χ1v) is 29.5. The Morgan fingerprint density at radius 3 is 1.19 bits per heavy atom. The van der Waals surface area contributed by atoms with E-state index in [-0.39, 0.29) is 31.3 Å². The third-order valence-electron chi connectivity index (χ3n) is 15.2. The van der Waals surface area contributed by atoms with E-state index >= 15 is 0 Å². The number of nitrogens with one attached hydrogen (secondary N) is 2. The van der Waals surface area contributed by atoms with Gasteiger partial charge in [0, 0.05) is 0 Å². The fraction of sp³-hybridized carbons (Fsp3) is 0.522. The second kappa shape index (κ2) is 35.3. The smallest absolute Gasteiger partial charge is 0.223 e. The van der Waals surface area contributed by atoms with Crippen molar-refractivity contribution in [3.8, 4) is 0 Å². The van der Waals surface area contributed by atoms with Gasteiger partial charge in [-0.3, -0.25) is 9.59 Å². The molecule has 5 aromatic carbocycles. The van der Waals surface area contributed by atoms with Gasteiger partial charge >= 0.3 is 0 Å². The van der Waals surface area contributed by atoms with Crippen LogP contribution in [-0.4, -0.2) is 71.4 Å². The number of hydrogen-bond acceptors (Lipinski definition) is 8. The van der Waals surface area contributed by atoms with Crippen molar-refractivity contribution in [1.29, 1.82) is 0 Å². The third kappa shape index (κ3) is 20.8. The van der Waals surface area contributed by atoms with Crippen LogP contribution in [0.2, 0.25) is 0 Å². The van der Waals surface area contributed by atoms with Crippen molar-refractivity contribution in [1.82, 2.24) is 10.6 Å². The molecule has 4 N–H and O–H groups in total. The van der Waals surface area contributed by atoms with Gasteiger partial charge in [0.15, 0.2) is 6.29 Å². The topological polar surface area (TPSA) is 136 Å². The number of hydrogen-bond donors (Lipinski definition) is 4. The number of unbranched alkanes of at least 4 members (excludes halogenated alkanes) is 16. The maximum absolute atomic E-state index is 14.5. The molecule has 0 aromatic heterocycles. The summed E-state index contributed by atoms with van der Waals surface area (Å²) in [6.07, 6.45) is 17.7. The summed E-state index contributed by atoms with van der Waals surface area (Å²) in [5, 5.41) is 30.8. The van der Waals surface area contributed by atoms with E-state index in [4.69, 9.17) is 18.9 Å². The molecule has 418 valence electrons. The van der Waals surface area contributed by atoms with Crippen LogP contribution < -0.4 is 10.6 Å². The molecule has 0 radical (unpaired) electrons. The maximum atomic E-state index is 14.5. The zero-order valence-electron chi connectivity index (χ0n) is 46.5. The van der Waals surface area contributed by atoms with Crippen molar-refractivity contribution in [2.75, 3.05) is 6.61 Å². The van der Waals surface area contributed by atoms with E-state index in [0.29, 0.717) is 26.1 Å². The number of carbonyl (C=O) groups excluding carboxylic acids is 2. The summed E-state index contributed by atoms with van der Waals surface area (Å²) in [7, 11) is 0. The number of amides is 2. The fourth-order valence-electron chi connectivity index (χ4n) is 10.7. The number of rotatable bonds is 38. The SMILES string of the molecule is CCCCCCCCCCC[C@H](CC(=O)N[C@H]1[C@H](O)[C@@H](COC(c2ccccc2)(c2ccccc2)c2ccccc2)OC(O)[C@@H]1NC(=O)C[C@@H](CCCCCCCCCCC)OCc1ccccc1)OCc1ccccc1. The van der Waals surface area contributed by atoms with Gasteiger partial charge in [0.25, 0.3) is 0 Å². The molecule has 1 heterocycles. The van der Waals surface area contributed by atoms with E-state index in [1.54, 1.807) is 0 Å². The lowest BCUT2D eigenvalue weighted by molar-refractivity contribution is -0.239. The molecule has 10 heteroatoms. The van der Waals surface area contributed by atoms with Gasteiger partial charge in [0.1, 0.15) is 23.9 Å². The number of aliphatic hydroxyl groups is 2. The Kier molecular flexibility index (Phi) is 28.0. The van der Waals surface area contributed by atoms with E-state index in [2.05, 4.69) is 24.5 Å². The Balaban J connectivity index is 1.21. The lowest BCUT2D eigenvalue weighted by Crippen LogP contribution is -2.69. The molecule has 1 unspecified atom stereocenters. The third-order valence-corrected chi connectivity index (χ3v) is 15.2. The van der Waals surface area contributed by atoms with Gasteiger partial charge < -0.3 is 39.8 Å². The van der Waals surface area contributed by atoms with Gasteiger partial charge in [-0.05, 0) is 40.7 Å². The van der Waals surface area contributed by atoms with Crippen molar-refractivity contribution in [3.05, 3.63) is 179 Å². The van der Waals surface area contributed by atoms with Crippen LogP contribution in [0.1, 0.15) is 183 Å². The first-order valence-electron chi connectivity index (χ1n) is 29.5. The van der Waals surface area contributed by atoms with Gasteiger partial charge in [0.05, 0.1) is 50.9 Å². The number of carbonyl (C=O) groups is 2. The van der Waals surface area contributed by atoms with Crippen LogP contribution >= 0.6 is 0 Å². The summed E-state index contributed by atoms with van der Waals surface area (Å²) >= 11 is 0. The van der Waals surface area contributed by atoms with E-state index in [9.17, 15) is 19.8 Å². The molecule has 0 aliphatic carbocycles. The molecule has 0 bridgehead atoms. The summed E-state index contributed by atoms with van der Waals surface area (Å²) in [5.74, 6) is -0.740. The normalized spacial score (nSPS) is 18.4. The zero-order valence-corrected chi connectivity index (χ0v) is 46.5. The fourth-order valence-corrected chi connectivity index (χ4v) is 10.7. The van der Waals surface area contributed by atoms with E-state index < -0.39 is 48.4 Å². The molecular weight excluding hydrogens is 961 g/mol. The predicted octanol–water partition coefficient (Wildman–Crippen LogP) is 13.8. The first-order chi connectivity index (χ1) is 37.8. The van der Waals surface area contributed by atoms with Gasteiger partial charge in [-0.15, -0.1) is 0 Å². The molecule has 1 saturated heterocycles. The van der Waals surface area contributed by atoms with E-state index in [0.717, 1.165) is 66.3 Å². The molecule has 6 rings (SSSR count). The van der Waals surface area contributed by atoms with Crippen molar-refractivity contribution >= 4 is 11.8 Å². The van der Waals surface area contributed by atoms with Crippen LogP contribution in [0.5, 0.6) is 0 Å². The van der Waals surface area contributed by atoms with Crippen LogP contribution in [0.25, 0.3) is 0 Å². The summed E-state index contributed by atoms with van der Waals surface area (Å²) in [6, 6.07) is 47.3. The van der Waals surface area contributed by atoms with Gasteiger partial charge in [-0.2, -0.15) is 0 Å². The highest BCUT2D eigenvalue weighted by Crippen LogP contribution is 2.41. The van der Waals surface area contributed by atoms with Crippen molar-refractivity contribution in [3.63, 3.8) is 0 Å². The van der Waals surface area contributed by atoms with Crippen molar-refractivity contribution in [2.45, 2.75) is 217 Å².